The van der Waals surface area contributed by atoms with Gasteiger partial charge in [0, 0.05) is 5.56 Å². The molecule has 0 radical (unpaired) electrons. The summed E-state index contributed by atoms with van der Waals surface area (Å²) in [6, 6.07) is 18.9. The van der Waals surface area contributed by atoms with Gasteiger partial charge in [0.05, 0.1) is 24.1 Å². The number of hydrogen-bond acceptors (Lipinski definition) is 5. The monoisotopic (exact) mass is 462 g/mol. The van der Waals surface area contributed by atoms with Crippen molar-refractivity contribution in [3.63, 3.8) is 0 Å². The SMILES string of the molecule is COc1ccc(-c2ccc(C=C3SC(=Nc4ccc(CC(=O)O)cc4)NC3=O)c(F)c2)cc1. The lowest BCUT2D eigenvalue weighted by atomic mass is 10.0. The maximum Gasteiger partial charge on any atom is 0.307 e. The molecule has 1 fully saturated rings. The molecule has 3 aromatic carbocycles. The molecular formula is C25H19FN2O4S. The van der Waals surface area contributed by atoms with Crippen molar-refractivity contribution in [2.24, 2.45) is 4.99 Å². The number of carbonyl (C=O) groups is 2. The molecule has 4 rings (SSSR count). The van der Waals surface area contributed by atoms with Gasteiger partial charge in [0.25, 0.3) is 5.91 Å². The number of amidine groups is 1. The van der Waals surface area contributed by atoms with Gasteiger partial charge >= 0.3 is 5.97 Å². The molecule has 2 N–H and O–H groups in total. The van der Waals surface area contributed by atoms with E-state index in [1.165, 1.54) is 12.1 Å². The molecule has 6 nitrogen and oxygen atoms in total. The van der Waals surface area contributed by atoms with Crippen LogP contribution >= 0.6 is 11.8 Å². The van der Waals surface area contributed by atoms with Gasteiger partial charge in [-0.3, -0.25) is 9.59 Å². The molecule has 0 saturated carbocycles. The second kappa shape index (κ2) is 9.70. The van der Waals surface area contributed by atoms with Crippen molar-refractivity contribution in [2.75, 3.05) is 7.11 Å². The van der Waals surface area contributed by atoms with Gasteiger partial charge in [-0.2, -0.15) is 0 Å². The molecule has 33 heavy (non-hydrogen) atoms. The summed E-state index contributed by atoms with van der Waals surface area (Å²) in [5.74, 6) is -0.992. The summed E-state index contributed by atoms with van der Waals surface area (Å²) in [5.41, 5.74) is 3.09. The van der Waals surface area contributed by atoms with Crippen molar-refractivity contribution >= 4 is 40.6 Å². The number of methoxy groups -OCH3 is 1. The fourth-order valence-corrected chi connectivity index (χ4v) is 4.04. The molecule has 0 spiro atoms. The van der Waals surface area contributed by atoms with E-state index in [1.54, 1.807) is 43.5 Å². The van der Waals surface area contributed by atoms with E-state index in [0.29, 0.717) is 26.9 Å². The molecule has 0 unspecified atom stereocenters. The summed E-state index contributed by atoms with van der Waals surface area (Å²) in [4.78, 5) is 27.8. The highest BCUT2D eigenvalue weighted by molar-refractivity contribution is 8.18. The van der Waals surface area contributed by atoms with Gasteiger partial charge in [-0.1, -0.05) is 36.4 Å². The maximum absolute atomic E-state index is 14.8. The minimum absolute atomic E-state index is 0.0714. The Morgan fingerprint density at radius 2 is 1.79 bits per heavy atom. The molecule has 0 aliphatic carbocycles. The van der Waals surface area contributed by atoms with Gasteiger partial charge in [-0.25, -0.2) is 9.38 Å². The zero-order chi connectivity index (χ0) is 23.4. The molecule has 0 aromatic heterocycles. The summed E-state index contributed by atoms with van der Waals surface area (Å²) in [5, 5.41) is 11.9. The molecule has 1 heterocycles. The van der Waals surface area contributed by atoms with Crippen LogP contribution in [-0.4, -0.2) is 29.3 Å². The normalized spacial score (nSPS) is 15.6. The number of ether oxygens (including phenoxy) is 1. The van der Waals surface area contributed by atoms with Crippen LogP contribution in [0.1, 0.15) is 11.1 Å². The summed E-state index contributed by atoms with van der Waals surface area (Å²) in [6.07, 6.45) is 1.42. The van der Waals surface area contributed by atoms with Crippen molar-refractivity contribution < 1.29 is 23.8 Å². The van der Waals surface area contributed by atoms with Crippen LogP contribution in [0.2, 0.25) is 0 Å². The number of amides is 1. The Labute approximate surface area is 193 Å². The predicted molar refractivity (Wildman–Crippen MR) is 127 cm³/mol. The van der Waals surface area contributed by atoms with E-state index in [1.807, 2.05) is 24.3 Å². The van der Waals surface area contributed by atoms with Crippen LogP contribution in [0.3, 0.4) is 0 Å². The smallest absolute Gasteiger partial charge is 0.307 e. The first-order chi connectivity index (χ1) is 15.9. The molecule has 1 saturated heterocycles. The standard InChI is InChI=1S/C25H19FN2O4S/c1-32-20-10-6-16(7-11-20)17-4-5-18(21(26)13-17)14-22-24(31)28-25(33-22)27-19-8-2-15(3-9-19)12-23(29)30/h2-11,13-14H,12H2,1H3,(H,29,30)(H,27,28,31). The fraction of sp³-hybridized carbons (Fsp3) is 0.0800. The minimum Gasteiger partial charge on any atom is -0.497 e. The van der Waals surface area contributed by atoms with Crippen molar-refractivity contribution in [1.82, 2.24) is 5.32 Å². The molecule has 8 heteroatoms. The number of thioether (sulfide) groups is 1. The zero-order valence-corrected chi connectivity index (χ0v) is 18.4. The minimum atomic E-state index is -0.910. The quantitative estimate of drug-likeness (QED) is 0.502. The van der Waals surface area contributed by atoms with Crippen LogP contribution in [0.5, 0.6) is 5.75 Å². The first-order valence-corrected chi connectivity index (χ1v) is 10.8. The number of rotatable bonds is 6. The van der Waals surface area contributed by atoms with Crippen LogP contribution in [0.4, 0.5) is 10.1 Å². The third-order valence-corrected chi connectivity index (χ3v) is 5.79. The maximum atomic E-state index is 14.8. The molecule has 166 valence electrons. The average molecular weight is 463 g/mol. The molecule has 0 atom stereocenters. The van der Waals surface area contributed by atoms with Crippen LogP contribution in [0.25, 0.3) is 17.2 Å². The van der Waals surface area contributed by atoms with Gasteiger partial charge in [-0.15, -0.1) is 0 Å². The van der Waals surface area contributed by atoms with Gasteiger partial charge in [0.2, 0.25) is 0 Å². The van der Waals surface area contributed by atoms with E-state index in [9.17, 15) is 14.0 Å². The van der Waals surface area contributed by atoms with Crippen LogP contribution in [-0.2, 0) is 16.0 Å². The number of aliphatic carboxylic acids is 1. The molecule has 3 aromatic rings. The predicted octanol–water partition coefficient (Wildman–Crippen LogP) is 5.02. The van der Waals surface area contributed by atoms with Crippen molar-refractivity contribution in [3.8, 4) is 16.9 Å². The number of nitrogens with one attached hydrogen (secondary N) is 1. The van der Waals surface area contributed by atoms with Crippen molar-refractivity contribution in [1.29, 1.82) is 0 Å². The first kappa shape index (κ1) is 22.3. The van der Waals surface area contributed by atoms with E-state index < -0.39 is 11.8 Å². The second-order valence-corrected chi connectivity index (χ2v) is 8.21. The zero-order valence-electron chi connectivity index (χ0n) is 17.5. The summed E-state index contributed by atoms with van der Waals surface area (Å²) >= 11 is 1.11. The number of hydrogen-bond donors (Lipinski definition) is 2. The Kier molecular flexibility index (Phi) is 6.55. The molecule has 1 aliphatic rings. The Morgan fingerprint density at radius 1 is 1.09 bits per heavy atom. The Morgan fingerprint density at radius 3 is 2.42 bits per heavy atom. The van der Waals surface area contributed by atoms with Crippen molar-refractivity contribution in [2.45, 2.75) is 6.42 Å². The number of aliphatic imine (C=N–C) groups is 1. The van der Waals surface area contributed by atoms with E-state index in [2.05, 4.69) is 10.3 Å². The van der Waals surface area contributed by atoms with Crippen molar-refractivity contribution in [3.05, 3.63) is 88.6 Å². The van der Waals surface area contributed by atoms with Crippen LogP contribution in [0, 0.1) is 5.82 Å². The lowest BCUT2D eigenvalue weighted by Gasteiger charge is -2.06. The third-order valence-electron chi connectivity index (χ3n) is 4.88. The van der Waals surface area contributed by atoms with E-state index in [-0.39, 0.29) is 12.3 Å². The summed E-state index contributed by atoms with van der Waals surface area (Å²) < 4.78 is 19.9. The van der Waals surface area contributed by atoms with E-state index in [0.717, 1.165) is 28.6 Å². The lowest BCUT2D eigenvalue weighted by molar-refractivity contribution is -0.136. The van der Waals surface area contributed by atoms with E-state index >= 15 is 0 Å². The topological polar surface area (TPSA) is 88.0 Å². The highest BCUT2D eigenvalue weighted by Crippen LogP contribution is 2.30. The number of carboxylic acids is 1. The number of halogens is 1. The number of nitrogens with zero attached hydrogens (tertiary/aromatic N) is 1. The molecular weight excluding hydrogens is 443 g/mol. The largest absolute Gasteiger partial charge is 0.497 e. The van der Waals surface area contributed by atoms with Gasteiger partial charge in [0.1, 0.15) is 11.6 Å². The fourth-order valence-electron chi connectivity index (χ4n) is 3.21. The first-order valence-electron chi connectivity index (χ1n) is 9.95. The van der Waals surface area contributed by atoms with E-state index in [4.69, 9.17) is 9.84 Å². The molecule has 1 aliphatic heterocycles. The highest BCUT2D eigenvalue weighted by Gasteiger charge is 2.24. The Hall–Kier alpha value is -3.91. The molecule has 0 bridgehead atoms. The van der Waals surface area contributed by atoms with Gasteiger partial charge < -0.3 is 15.2 Å². The number of benzene rings is 3. The Balaban J connectivity index is 1.50. The number of carbonyl (C=O) groups excluding carboxylic acids is 1. The van der Waals surface area contributed by atoms with Crippen LogP contribution < -0.4 is 10.1 Å². The Bertz CT molecular complexity index is 1270. The number of carboxylic acid groups (broad SMARTS) is 1. The second-order valence-electron chi connectivity index (χ2n) is 7.18. The molecule has 1 amide bonds. The lowest BCUT2D eigenvalue weighted by Crippen LogP contribution is -2.19. The van der Waals surface area contributed by atoms with Crippen LogP contribution in [0.15, 0.2) is 76.6 Å². The summed E-state index contributed by atoms with van der Waals surface area (Å²) in [6.45, 7) is 0. The summed E-state index contributed by atoms with van der Waals surface area (Å²) in [7, 11) is 1.59. The average Bonchev–Trinajstić information content (AvgIpc) is 3.14. The highest BCUT2D eigenvalue weighted by atomic mass is 32.2. The van der Waals surface area contributed by atoms with Gasteiger partial charge in [-0.05, 0) is 64.9 Å². The van der Waals surface area contributed by atoms with Gasteiger partial charge in [0.15, 0.2) is 5.17 Å². The third kappa shape index (κ3) is 5.48.